The van der Waals surface area contributed by atoms with Gasteiger partial charge in [0.25, 0.3) is 5.91 Å². The van der Waals surface area contributed by atoms with E-state index in [1.165, 1.54) is 28.2 Å². The molecule has 3 aromatic rings. The van der Waals surface area contributed by atoms with Gasteiger partial charge in [-0.1, -0.05) is 12.1 Å². The highest BCUT2D eigenvalue weighted by Gasteiger charge is 2.22. The summed E-state index contributed by atoms with van der Waals surface area (Å²) in [6, 6.07) is 9.67. The van der Waals surface area contributed by atoms with Gasteiger partial charge in [0, 0.05) is 44.5 Å². The maximum Gasteiger partial charge on any atom is 0.267 e. The number of thiazole rings is 1. The molecule has 33 heavy (non-hydrogen) atoms. The van der Waals surface area contributed by atoms with Crippen molar-refractivity contribution in [2.45, 2.75) is 19.4 Å². The predicted octanol–water partition coefficient (Wildman–Crippen LogP) is 3.46. The Morgan fingerprint density at radius 1 is 1.06 bits per heavy atom. The van der Waals surface area contributed by atoms with E-state index in [2.05, 4.69) is 21.3 Å². The molecule has 10 heteroatoms. The van der Waals surface area contributed by atoms with Gasteiger partial charge in [-0.25, -0.2) is 4.98 Å². The van der Waals surface area contributed by atoms with Gasteiger partial charge < -0.3 is 14.4 Å². The van der Waals surface area contributed by atoms with E-state index in [1.807, 2.05) is 33.9 Å². The summed E-state index contributed by atoms with van der Waals surface area (Å²) in [4.78, 5) is 34.2. The number of benzene rings is 1. The number of carbonyl (C=O) groups is 2. The Hall–Kier alpha value is -2.95. The summed E-state index contributed by atoms with van der Waals surface area (Å²) in [7, 11) is 0. The van der Waals surface area contributed by atoms with E-state index in [1.54, 1.807) is 6.07 Å². The summed E-state index contributed by atoms with van der Waals surface area (Å²) in [6.45, 7) is 4.25. The minimum Gasteiger partial charge on any atom is -0.454 e. The van der Waals surface area contributed by atoms with Gasteiger partial charge in [0.15, 0.2) is 16.6 Å². The maximum atomic E-state index is 12.7. The van der Waals surface area contributed by atoms with Crippen molar-refractivity contribution in [2.24, 2.45) is 0 Å². The molecule has 0 bridgehead atoms. The van der Waals surface area contributed by atoms with Gasteiger partial charge in [-0.2, -0.15) is 0 Å². The first-order valence-corrected chi connectivity index (χ1v) is 12.6. The Morgan fingerprint density at radius 3 is 2.73 bits per heavy atom. The number of hydrogen-bond donors (Lipinski definition) is 1. The number of amides is 2. The molecular formula is C23H24N4O4S2. The third-order valence-corrected chi connectivity index (χ3v) is 7.36. The van der Waals surface area contributed by atoms with Crippen LogP contribution in [0.4, 0.5) is 5.13 Å². The molecule has 2 amide bonds. The number of rotatable bonds is 7. The largest absolute Gasteiger partial charge is 0.454 e. The number of nitrogens with zero attached hydrogens (tertiary/aromatic N) is 3. The molecule has 1 aromatic carbocycles. The van der Waals surface area contributed by atoms with Crippen molar-refractivity contribution in [3.05, 3.63) is 57.2 Å². The lowest BCUT2D eigenvalue weighted by Gasteiger charge is -2.34. The fourth-order valence-corrected chi connectivity index (χ4v) is 5.25. The van der Waals surface area contributed by atoms with E-state index in [9.17, 15) is 9.59 Å². The Kier molecular flexibility index (Phi) is 6.56. The average molecular weight is 485 g/mol. The van der Waals surface area contributed by atoms with Gasteiger partial charge in [-0.05, 0) is 35.6 Å². The zero-order valence-electron chi connectivity index (χ0n) is 18.0. The standard InChI is InChI=1S/C23H24N4O4S2/c28-21(6-4-17-14-33-23(24-17)25-22(29)20-2-1-11-32-20)27-9-7-26(8-10-27)13-16-3-5-18-19(12-16)31-15-30-18/h1-3,5,11-12,14H,4,6-10,13,15H2,(H,24,25,29). The summed E-state index contributed by atoms with van der Waals surface area (Å²) in [5, 5.41) is 7.15. The Balaban J connectivity index is 1.05. The second-order valence-corrected chi connectivity index (χ2v) is 9.73. The van der Waals surface area contributed by atoms with E-state index in [0.717, 1.165) is 49.9 Å². The van der Waals surface area contributed by atoms with Crippen molar-refractivity contribution in [1.29, 1.82) is 0 Å². The van der Waals surface area contributed by atoms with Crippen LogP contribution in [0.15, 0.2) is 41.1 Å². The molecule has 172 valence electrons. The summed E-state index contributed by atoms with van der Waals surface area (Å²) in [5.41, 5.74) is 2.01. The van der Waals surface area contributed by atoms with Gasteiger partial charge in [0.05, 0.1) is 10.6 Å². The number of piperazine rings is 1. The predicted molar refractivity (Wildman–Crippen MR) is 127 cm³/mol. The Labute approximate surface area is 199 Å². The molecule has 8 nitrogen and oxygen atoms in total. The zero-order valence-corrected chi connectivity index (χ0v) is 19.6. The molecule has 1 saturated heterocycles. The van der Waals surface area contributed by atoms with Crippen LogP contribution in [0.5, 0.6) is 11.5 Å². The number of carbonyl (C=O) groups excluding carboxylic acids is 2. The number of aryl methyl sites for hydroxylation is 1. The van der Waals surface area contributed by atoms with Crippen LogP contribution in [0, 0.1) is 0 Å². The SMILES string of the molecule is O=C(Nc1nc(CCC(=O)N2CCN(Cc3ccc4c(c3)OCO4)CC2)cs1)c1cccs1. The van der Waals surface area contributed by atoms with Crippen molar-refractivity contribution in [3.8, 4) is 11.5 Å². The molecule has 2 aromatic heterocycles. The van der Waals surface area contributed by atoms with Gasteiger partial charge in [0.2, 0.25) is 12.7 Å². The number of anilines is 1. The number of hydrogen-bond acceptors (Lipinski definition) is 8. The number of fused-ring (bicyclic) bond motifs is 1. The van der Waals surface area contributed by atoms with Gasteiger partial charge in [-0.3, -0.25) is 19.8 Å². The van der Waals surface area contributed by atoms with Crippen molar-refractivity contribution in [1.82, 2.24) is 14.8 Å². The van der Waals surface area contributed by atoms with Crippen LogP contribution in [0.3, 0.4) is 0 Å². The molecular weight excluding hydrogens is 460 g/mol. The Morgan fingerprint density at radius 2 is 1.91 bits per heavy atom. The maximum absolute atomic E-state index is 12.7. The second-order valence-electron chi connectivity index (χ2n) is 7.92. The molecule has 0 unspecified atom stereocenters. The van der Waals surface area contributed by atoms with E-state index in [-0.39, 0.29) is 18.6 Å². The molecule has 0 saturated carbocycles. The topological polar surface area (TPSA) is 84.0 Å². The highest BCUT2D eigenvalue weighted by molar-refractivity contribution is 7.14. The molecule has 0 aliphatic carbocycles. The molecule has 0 radical (unpaired) electrons. The van der Waals surface area contributed by atoms with Crippen LogP contribution in [0.1, 0.15) is 27.3 Å². The minimum atomic E-state index is -0.152. The van der Waals surface area contributed by atoms with Gasteiger partial charge in [0.1, 0.15) is 0 Å². The molecule has 1 N–H and O–H groups in total. The first-order valence-electron chi connectivity index (χ1n) is 10.8. The first-order chi connectivity index (χ1) is 16.1. The van der Waals surface area contributed by atoms with Crippen molar-refractivity contribution in [3.63, 3.8) is 0 Å². The minimum absolute atomic E-state index is 0.148. The summed E-state index contributed by atoms with van der Waals surface area (Å²) in [6.07, 6.45) is 0.992. The summed E-state index contributed by atoms with van der Waals surface area (Å²) in [5.74, 6) is 1.60. The average Bonchev–Trinajstić information content (AvgIpc) is 3.59. The molecule has 0 atom stereocenters. The number of nitrogens with one attached hydrogen (secondary N) is 1. The van der Waals surface area contributed by atoms with Crippen LogP contribution in [0.2, 0.25) is 0 Å². The number of ether oxygens (including phenoxy) is 2. The van der Waals surface area contributed by atoms with E-state index in [0.29, 0.717) is 22.9 Å². The van der Waals surface area contributed by atoms with Crippen molar-refractivity contribution >= 4 is 39.6 Å². The fourth-order valence-electron chi connectivity index (χ4n) is 3.89. The third kappa shape index (κ3) is 5.35. The number of aromatic nitrogens is 1. The van der Waals surface area contributed by atoms with Gasteiger partial charge >= 0.3 is 0 Å². The van der Waals surface area contributed by atoms with Crippen LogP contribution in [-0.2, 0) is 17.8 Å². The normalized spacial score (nSPS) is 15.6. The molecule has 2 aliphatic heterocycles. The fraction of sp³-hybridized carbons (Fsp3) is 0.348. The van der Waals surface area contributed by atoms with E-state index < -0.39 is 0 Å². The zero-order chi connectivity index (χ0) is 22.6. The van der Waals surface area contributed by atoms with Crippen LogP contribution in [0.25, 0.3) is 0 Å². The van der Waals surface area contributed by atoms with E-state index >= 15 is 0 Å². The first kappa shape index (κ1) is 21.9. The lowest BCUT2D eigenvalue weighted by atomic mass is 10.1. The van der Waals surface area contributed by atoms with Crippen LogP contribution in [-0.4, -0.2) is 59.6 Å². The molecule has 0 spiro atoms. The molecule has 4 heterocycles. The van der Waals surface area contributed by atoms with Crippen molar-refractivity contribution < 1.29 is 19.1 Å². The highest BCUT2D eigenvalue weighted by atomic mass is 32.1. The van der Waals surface area contributed by atoms with Gasteiger partial charge in [-0.15, -0.1) is 22.7 Å². The molecule has 5 rings (SSSR count). The van der Waals surface area contributed by atoms with Crippen LogP contribution < -0.4 is 14.8 Å². The third-order valence-electron chi connectivity index (χ3n) is 5.68. The second kappa shape index (κ2) is 9.90. The number of thiophene rings is 1. The summed E-state index contributed by atoms with van der Waals surface area (Å²) < 4.78 is 10.8. The summed E-state index contributed by atoms with van der Waals surface area (Å²) >= 11 is 2.78. The van der Waals surface area contributed by atoms with E-state index in [4.69, 9.17) is 9.47 Å². The lowest BCUT2D eigenvalue weighted by Crippen LogP contribution is -2.48. The monoisotopic (exact) mass is 484 g/mol. The smallest absolute Gasteiger partial charge is 0.267 e. The quantitative estimate of drug-likeness (QED) is 0.553. The van der Waals surface area contributed by atoms with Crippen LogP contribution >= 0.6 is 22.7 Å². The lowest BCUT2D eigenvalue weighted by molar-refractivity contribution is -0.133. The molecule has 1 fully saturated rings. The molecule has 2 aliphatic rings. The van der Waals surface area contributed by atoms with Crippen molar-refractivity contribution in [2.75, 3.05) is 38.3 Å². The highest BCUT2D eigenvalue weighted by Crippen LogP contribution is 2.32. The Bertz CT molecular complexity index is 1120.